The van der Waals surface area contributed by atoms with Crippen LogP contribution in [0, 0.1) is 0 Å². The molecule has 1 unspecified atom stereocenters. The highest BCUT2D eigenvalue weighted by molar-refractivity contribution is 5.97. The quantitative estimate of drug-likeness (QED) is 0.639. The second-order valence-corrected chi connectivity index (χ2v) is 4.61. The van der Waals surface area contributed by atoms with Crippen molar-refractivity contribution in [3.8, 4) is 0 Å². The van der Waals surface area contributed by atoms with E-state index in [1.807, 2.05) is 24.3 Å². The van der Waals surface area contributed by atoms with Gasteiger partial charge in [-0.3, -0.25) is 9.59 Å². The number of Topliss-reactive ketones (excluding diaryl/α,β-unsaturated/α-hetero) is 1. The molecule has 0 bridgehead atoms. The molecule has 20 heavy (non-hydrogen) atoms. The number of aliphatic hydroxyl groups is 1. The maximum Gasteiger partial charge on any atom is 0.312 e. The van der Waals surface area contributed by atoms with E-state index in [0.717, 1.165) is 11.1 Å². The fourth-order valence-electron chi connectivity index (χ4n) is 1.87. The third kappa shape index (κ3) is 4.31. The molecule has 0 amide bonds. The van der Waals surface area contributed by atoms with Gasteiger partial charge in [-0.2, -0.15) is 0 Å². The van der Waals surface area contributed by atoms with Crippen molar-refractivity contribution >= 4 is 17.8 Å². The van der Waals surface area contributed by atoms with Gasteiger partial charge < -0.3 is 9.84 Å². The lowest BCUT2D eigenvalue weighted by Gasteiger charge is -2.09. The zero-order chi connectivity index (χ0) is 15.1. The fourth-order valence-corrected chi connectivity index (χ4v) is 1.87. The molecule has 1 aromatic rings. The molecule has 0 spiro atoms. The van der Waals surface area contributed by atoms with Gasteiger partial charge >= 0.3 is 5.97 Å². The van der Waals surface area contributed by atoms with Gasteiger partial charge in [-0.05, 0) is 43.0 Å². The van der Waals surface area contributed by atoms with Gasteiger partial charge in [-0.25, -0.2) is 0 Å². The predicted octanol–water partition coefficient (Wildman–Crippen LogP) is 2.32. The SMILES string of the molecule is COC(=O)C(C)c1ccc(C=C(CCO)C(C)=O)cc1. The molecule has 0 fully saturated rings. The predicted molar refractivity (Wildman–Crippen MR) is 77.2 cm³/mol. The van der Waals surface area contributed by atoms with Gasteiger partial charge in [0.15, 0.2) is 5.78 Å². The van der Waals surface area contributed by atoms with E-state index in [1.165, 1.54) is 14.0 Å². The zero-order valence-corrected chi connectivity index (χ0v) is 12.1. The van der Waals surface area contributed by atoms with Gasteiger partial charge in [0.2, 0.25) is 0 Å². The van der Waals surface area contributed by atoms with Gasteiger partial charge in [0.05, 0.1) is 13.0 Å². The van der Waals surface area contributed by atoms with Gasteiger partial charge in [0, 0.05) is 6.61 Å². The van der Waals surface area contributed by atoms with Gasteiger partial charge in [0.25, 0.3) is 0 Å². The third-order valence-corrected chi connectivity index (χ3v) is 3.17. The summed E-state index contributed by atoms with van der Waals surface area (Å²) in [5.41, 5.74) is 2.31. The van der Waals surface area contributed by atoms with Crippen molar-refractivity contribution in [1.82, 2.24) is 0 Å². The summed E-state index contributed by atoms with van der Waals surface area (Å²) in [7, 11) is 1.37. The van der Waals surface area contributed by atoms with Crippen molar-refractivity contribution in [2.75, 3.05) is 13.7 Å². The highest BCUT2D eigenvalue weighted by Gasteiger charge is 2.15. The lowest BCUT2D eigenvalue weighted by Crippen LogP contribution is -2.10. The van der Waals surface area contributed by atoms with E-state index in [2.05, 4.69) is 0 Å². The normalized spacial score (nSPS) is 12.9. The van der Waals surface area contributed by atoms with Crippen LogP contribution in [-0.2, 0) is 14.3 Å². The summed E-state index contributed by atoms with van der Waals surface area (Å²) in [6.45, 7) is 3.21. The van der Waals surface area contributed by atoms with Crippen molar-refractivity contribution < 1.29 is 19.4 Å². The summed E-state index contributed by atoms with van der Waals surface area (Å²) in [5.74, 6) is -0.646. The van der Waals surface area contributed by atoms with Crippen molar-refractivity contribution in [2.24, 2.45) is 0 Å². The van der Waals surface area contributed by atoms with Crippen LogP contribution >= 0.6 is 0 Å². The molecular formula is C16H20O4. The van der Waals surface area contributed by atoms with E-state index >= 15 is 0 Å². The monoisotopic (exact) mass is 276 g/mol. The van der Waals surface area contributed by atoms with E-state index in [9.17, 15) is 9.59 Å². The molecule has 108 valence electrons. The Hall–Kier alpha value is -1.94. The van der Waals surface area contributed by atoms with E-state index < -0.39 is 0 Å². The van der Waals surface area contributed by atoms with Gasteiger partial charge in [-0.15, -0.1) is 0 Å². The maximum absolute atomic E-state index is 11.4. The molecule has 1 rings (SSSR count). The Morgan fingerprint density at radius 1 is 1.30 bits per heavy atom. The first-order valence-electron chi connectivity index (χ1n) is 6.49. The number of benzene rings is 1. The number of ether oxygens (including phenoxy) is 1. The highest BCUT2D eigenvalue weighted by atomic mass is 16.5. The molecule has 0 saturated carbocycles. The van der Waals surface area contributed by atoms with Crippen LogP contribution in [-0.4, -0.2) is 30.6 Å². The van der Waals surface area contributed by atoms with Crippen LogP contribution in [0.25, 0.3) is 6.08 Å². The van der Waals surface area contributed by atoms with E-state index in [4.69, 9.17) is 9.84 Å². The Labute approximate surface area is 119 Å². The third-order valence-electron chi connectivity index (χ3n) is 3.17. The summed E-state index contributed by atoms with van der Waals surface area (Å²) >= 11 is 0. The molecule has 0 saturated heterocycles. The largest absolute Gasteiger partial charge is 0.469 e. The van der Waals surface area contributed by atoms with Crippen LogP contribution in [0.1, 0.15) is 37.3 Å². The number of aliphatic hydroxyl groups excluding tert-OH is 1. The molecule has 0 aliphatic heterocycles. The number of methoxy groups -OCH3 is 1. The summed E-state index contributed by atoms with van der Waals surface area (Å²) < 4.78 is 4.70. The molecule has 1 N–H and O–H groups in total. The minimum atomic E-state index is -0.317. The Balaban J connectivity index is 2.93. The van der Waals surface area contributed by atoms with Gasteiger partial charge in [0.1, 0.15) is 0 Å². The van der Waals surface area contributed by atoms with Crippen LogP contribution in [0.5, 0.6) is 0 Å². The lowest BCUT2D eigenvalue weighted by molar-refractivity contribution is -0.142. The summed E-state index contributed by atoms with van der Waals surface area (Å²) in [6, 6.07) is 7.36. The first-order chi connectivity index (χ1) is 9.49. The number of rotatable bonds is 6. The van der Waals surface area contributed by atoms with Crippen LogP contribution in [0.15, 0.2) is 29.8 Å². The topological polar surface area (TPSA) is 63.6 Å². The number of carbonyl (C=O) groups excluding carboxylic acids is 2. The molecule has 0 aliphatic carbocycles. The Bertz CT molecular complexity index is 500. The minimum absolute atomic E-state index is 0.0499. The number of esters is 1. The molecule has 0 aliphatic rings. The number of ketones is 1. The lowest BCUT2D eigenvalue weighted by atomic mass is 9.98. The second-order valence-electron chi connectivity index (χ2n) is 4.61. The molecule has 4 heteroatoms. The molecular weight excluding hydrogens is 256 g/mol. The zero-order valence-electron chi connectivity index (χ0n) is 12.1. The standard InChI is InChI=1S/C16H20O4/c1-11(16(19)20-3)14-6-4-13(5-7-14)10-15(8-9-17)12(2)18/h4-7,10-11,17H,8-9H2,1-3H3. The number of carbonyl (C=O) groups is 2. The number of hydrogen-bond donors (Lipinski definition) is 1. The minimum Gasteiger partial charge on any atom is -0.469 e. The van der Waals surface area contributed by atoms with Crippen LogP contribution in [0.2, 0.25) is 0 Å². The Kier molecular flexibility index (Phi) is 6.12. The fraction of sp³-hybridized carbons (Fsp3) is 0.375. The summed E-state index contributed by atoms with van der Waals surface area (Å²) in [5, 5.41) is 8.92. The molecule has 4 nitrogen and oxygen atoms in total. The molecule has 1 aromatic carbocycles. The van der Waals surface area contributed by atoms with Crippen LogP contribution < -0.4 is 0 Å². The van der Waals surface area contributed by atoms with Crippen LogP contribution in [0.4, 0.5) is 0 Å². The van der Waals surface area contributed by atoms with Crippen LogP contribution in [0.3, 0.4) is 0 Å². The van der Waals surface area contributed by atoms with Crippen molar-refractivity contribution in [3.05, 3.63) is 41.0 Å². The number of hydrogen-bond acceptors (Lipinski definition) is 4. The van der Waals surface area contributed by atoms with E-state index in [1.54, 1.807) is 13.0 Å². The maximum atomic E-state index is 11.4. The van der Waals surface area contributed by atoms with Crippen molar-refractivity contribution in [3.63, 3.8) is 0 Å². The molecule has 1 atom stereocenters. The van der Waals surface area contributed by atoms with Crippen molar-refractivity contribution in [1.29, 1.82) is 0 Å². The first-order valence-corrected chi connectivity index (χ1v) is 6.49. The molecule has 0 heterocycles. The Morgan fingerprint density at radius 3 is 2.35 bits per heavy atom. The molecule has 0 aromatic heterocycles. The summed E-state index contributed by atoms with van der Waals surface area (Å²) in [4.78, 5) is 22.8. The van der Waals surface area contributed by atoms with Crippen molar-refractivity contribution in [2.45, 2.75) is 26.2 Å². The van der Waals surface area contributed by atoms with E-state index in [-0.39, 0.29) is 24.3 Å². The van der Waals surface area contributed by atoms with Gasteiger partial charge in [-0.1, -0.05) is 24.3 Å². The summed E-state index contributed by atoms with van der Waals surface area (Å²) in [6.07, 6.45) is 2.10. The second kappa shape index (κ2) is 7.60. The highest BCUT2D eigenvalue weighted by Crippen LogP contribution is 2.19. The first kappa shape index (κ1) is 16.1. The smallest absolute Gasteiger partial charge is 0.312 e. The molecule has 0 radical (unpaired) electrons. The van der Waals surface area contributed by atoms with E-state index in [0.29, 0.717) is 12.0 Å². The average molecular weight is 276 g/mol. The average Bonchev–Trinajstić information content (AvgIpc) is 2.45. The Morgan fingerprint density at radius 2 is 1.90 bits per heavy atom.